The van der Waals surface area contributed by atoms with E-state index in [4.69, 9.17) is 18.1 Å². The van der Waals surface area contributed by atoms with E-state index in [-0.39, 0.29) is 11.9 Å². The van der Waals surface area contributed by atoms with Crippen molar-refractivity contribution in [1.29, 1.82) is 0 Å². The topological polar surface area (TPSA) is 58.4 Å². The molecule has 0 radical (unpaired) electrons. The van der Waals surface area contributed by atoms with Crippen molar-refractivity contribution in [3.05, 3.63) is 35.9 Å². The van der Waals surface area contributed by atoms with Crippen LogP contribution in [0.25, 0.3) is 0 Å². The van der Waals surface area contributed by atoms with Crippen LogP contribution in [-0.4, -0.2) is 22.1 Å². The maximum atomic E-state index is 11.6. The van der Waals surface area contributed by atoms with Gasteiger partial charge in [-0.2, -0.15) is 0 Å². The number of thiocarbonyl (C=S) groups is 1. The highest BCUT2D eigenvalue weighted by Crippen LogP contribution is 2.09. The predicted octanol–water partition coefficient (Wildman–Crippen LogP) is 0.188. The average Bonchev–Trinajstić information content (AvgIpc) is 2.48. The molecule has 3 N–H and O–H groups in total. The first-order chi connectivity index (χ1) is 7.18. The lowest BCUT2D eigenvalue weighted by atomic mass is 10.1. The van der Waals surface area contributed by atoms with Crippen LogP contribution in [-0.2, 0) is 11.2 Å². The van der Waals surface area contributed by atoms with Crippen LogP contribution >= 0.6 is 12.2 Å². The number of hydrogen-bond acceptors (Lipinski definition) is 3. The lowest BCUT2D eigenvalue weighted by Crippen LogP contribution is -2.37. The van der Waals surface area contributed by atoms with E-state index in [1.54, 1.807) is 0 Å². The third-order valence-electron chi connectivity index (χ3n) is 2.33. The Morgan fingerprint density at radius 2 is 2.07 bits per heavy atom. The summed E-state index contributed by atoms with van der Waals surface area (Å²) in [5, 5.41) is 4.17. The number of nitrogens with two attached hydrogens (primary N) is 1. The van der Waals surface area contributed by atoms with Crippen LogP contribution in [0.4, 0.5) is 0 Å². The summed E-state index contributed by atoms with van der Waals surface area (Å²) in [5.74, 6) is 5.27. The fourth-order valence-corrected chi connectivity index (χ4v) is 1.77. The van der Waals surface area contributed by atoms with Gasteiger partial charge < -0.3 is 5.32 Å². The van der Waals surface area contributed by atoms with Crippen LogP contribution in [0.1, 0.15) is 5.56 Å². The molecule has 78 valence electrons. The van der Waals surface area contributed by atoms with E-state index in [9.17, 15) is 4.79 Å². The maximum Gasteiger partial charge on any atom is 0.265 e. The molecule has 0 aromatic heterocycles. The van der Waals surface area contributed by atoms with Gasteiger partial charge in [0.25, 0.3) is 5.91 Å². The fourth-order valence-electron chi connectivity index (χ4n) is 1.54. The van der Waals surface area contributed by atoms with Crippen LogP contribution in [0.2, 0.25) is 0 Å². The van der Waals surface area contributed by atoms with Crippen molar-refractivity contribution in [3.8, 4) is 0 Å². The van der Waals surface area contributed by atoms with Crippen LogP contribution in [0.3, 0.4) is 0 Å². The molecule has 2 rings (SSSR count). The Kier molecular flexibility index (Phi) is 2.66. The lowest BCUT2D eigenvalue weighted by Gasteiger charge is -2.07. The second kappa shape index (κ2) is 3.96. The average molecular weight is 221 g/mol. The first kappa shape index (κ1) is 10.1. The molecule has 1 aliphatic heterocycles. The van der Waals surface area contributed by atoms with Gasteiger partial charge in [-0.15, -0.1) is 0 Å². The van der Waals surface area contributed by atoms with Gasteiger partial charge in [0.15, 0.2) is 5.11 Å². The van der Waals surface area contributed by atoms with E-state index in [2.05, 4.69) is 5.32 Å². The van der Waals surface area contributed by atoms with Crippen LogP contribution < -0.4 is 11.2 Å². The van der Waals surface area contributed by atoms with Crippen LogP contribution in [0.5, 0.6) is 0 Å². The normalized spacial score (nSPS) is 20.6. The number of carbonyl (C=O) groups is 1. The van der Waals surface area contributed by atoms with Crippen molar-refractivity contribution in [3.63, 3.8) is 0 Å². The van der Waals surface area contributed by atoms with E-state index < -0.39 is 0 Å². The Hall–Kier alpha value is -1.46. The van der Waals surface area contributed by atoms with Gasteiger partial charge >= 0.3 is 0 Å². The minimum absolute atomic E-state index is 0.177. The third kappa shape index (κ3) is 1.98. The summed E-state index contributed by atoms with van der Waals surface area (Å²) in [6, 6.07) is 9.42. The number of benzene rings is 1. The highest BCUT2D eigenvalue weighted by Gasteiger charge is 2.33. The Morgan fingerprint density at radius 1 is 1.40 bits per heavy atom. The van der Waals surface area contributed by atoms with Crippen LogP contribution in [0.15, 0.2) is 30.3 Å². The van der Waals surface area contributed by atoms with Gasteiger partial charge in [-0.1, -0.05) is 30.3 Å². The monoisotopic (exact) mass is 221 g/mol. The zero-order valence-electron chi connectivity index (χ0n) is 8.01. The zero-order valence-corrected chi connectivity index (χ0v) is 8.83. The first-order valence-corrected chi connectivity index (χ1v) is 5.02. The highest BCUT2D eigenvalue weighted by atomic mass is 32.1. The summed E-state index contributed by atoms with van der Waals surface area (Å²) < 4.78 is 0. The maximum absolute atomic E-state index is 11.6. The van der Waals surface area contributed by atoms with E-state index >= 15 is 0 Å². The van der Waals surface area contributed by atoms with E-state index in [1.807, 2.05) is 30.3 Å². The summed E-state index contributed by atoms with van der Waals surface area (Å²) in [6.07, 6.45) is 0.605. The van der Waals surface area contributed by atoms with Gasteiger partial charge in [0.2, 0.25) is 0 Å². The molecule has 0 bridgehead atoms. The molecule has 5 heteroatoms. The minimum atomic E-state index is -0.329. The van der Waals surface area contributed by atoms with Crippen molar-refractivity contribution in [1.82, 2.24) is 10.3 Å². The molecule has 0 spiro atoms. The van der Waals surface area contributed by atoms with E-state index in [1.165, 1.54) is 0 Å². The smallest absolute Gasteiger partial charge is 0.265 e. The molecule has 0 saturated carbocycles. The standard InChI is InChI=1S/C10H11N3OS/c11-13-9(14)8(12-10(13)15)6-7-4-2-1-3-5-7/h1-5,8H,6,11H2,(H,12,15). The molecule has 4 nitrogen and oxygen atoms in total. The van der Waals surface area contributed by atoms with Crippen molar-refractivity contribution in [2.75, 3.05) is 0 Å². The van der Waals surface area contributed by atoms with Gasteiger partial charge in [-0.05, 0) is 17.8 Å². The largest absolute Gasteiger partial charge is 0.349 e. The molecule has 1 aromatic rings. The molecule has 1 saturated heterocycles. The summed E-state index contributed by atoms with van der Waals surface area (Å²) in [4.78, 5) is 11.6. The molecule has 1 unspecified atom stereocenters. The number of hydrogen-bond donors (Lipinski definition) is 2. The summed E-state index contributed by atoms with van der Waals surface area (Å²) in [6.45, 7) is 0. The molecule has 0 aliphatic carbocycles. The summed E-state index contributed by atoms with van der Waals surface area (Å²) in [7, 11) is 0. The van der Waals surface area contributed by atoms with Gasteiger partial charge in [-0.3, -0.25) is 4.79 Å². The predicted molar refractivity (Wildman–Crippen MR) is 60.7 cm³/mol. The van der Waals surface area contributed by atoms with Gasteiger partial charge in [-0.25, -0.2) is 10.9 Å². The number of nitrogens with one attached hydrogen (secondary N) is 1. The van der Waals surface area contributed by atoms with E-state index in [0.717, 1.165) is 10.6 Å². The van der Waals surface area contributed by atoms with Crippen molar-refractivity contribution in [2.45, 2.75) is 12.5 Å². The Bertz CT molecular complexity index is 393. The molecule has 1 aromatic carbocycles. The lowest BCUT2D eigenvalue weighted by molar-refractivity contribution is -0.127. The highest BCUT2D eigenvalue weighted by molar-refractivity contribution is 7.80. The van der Waals surface area contributed by atoms with Gasteiger partial charge in [0, 0.05) is 6.42 Å². The number of hydrazine groups is 1. The summed E-state index contributed by atoms with van der Waals surface area (Å²) >= 11 is 4.88. The zero-order chi connectivity index (χ0) is 10.8. The molecule has 1 heterocycles. The molecule has 1 fully saturated rings. The molecule has 1 atom stereocenters. The Labute approximate surface area is 93.0 Å². The minimum Gasteiger partial charge on any atom is -0.349 e. The number of nitrogens with zero attached hydrogens (tertiary/aromatic N) is 1. The first-order valence-electron chi connectivity index (χ1n) is 4.61. The van der Waals surface area contributed by atoms with Crippen LogP contribution in [0, 0.1) is 0 Å². The number of rotatable bonds is 2. The quantitative estimate of drug-likeness (QED) is 0.425. The molecular weight excluding hydrogens is 210 g/mol. The van der Waals surface area contributed by atoms with Crippen molar-refractivity contribution >= 4 is 23.2 Å². The summed E-state index contributed by atoms with van der Waals surface area (Å²) in [5.41, 5.74) is 1.08. The Morgan fingerprint density at radius 3 is 2.60 bits per heavy atom. The second-order valence-electron chi connectivity index (χ2n) is 3.40. The van der Waals surface area contributed by atoms with Crippen molar-refractivity contribution in [2.24, 2.45) is 5.84 Å². The number of amides is 1. The van der Waals surface area contributed by atoms with Crippen molar-refractivity contribution < 1.29 is 4.79 Å². The SMILES string of the molecule is NN1C(=O)C(Cc2ccccc2)NC1=S. The van der Waals surface area contributed by atoms with Gasteiger partial charge in [0.05, 0.1) is 0 Å². The number of carbonyl (C=O) groups excluding carboxylic acids is 1. The molecular formula is C10H11N3OS. The molecule has 1 aliphatic rings. The molecule has 1 amide bonds. The van der Waals surface area contributed by atoms with Gasteiger partial charge in [0.1, 0.15) is 6.04 Å². The fraction of sp³-hybridized carbons (Fsp3) is 0.200. The Balaban J connectivity index is 2.09. The van der Waals surface area contributed by atoms with E-state index in [0.29, 0.717) is 11.5 Å². The second-order valence-corrected chi connectivity index (χ2v) is 3.79. The third-order valence-corrected chi connectivity index (χ3v) is 2.65. The molecule has 15 heavy (non-hydrogen) atoms.